The van der Waals surface area contributed by atoms with Crippen LogP contribution >= 0.6 is 11.3 Å². The number of amides is 2. The maximum atomic E-state index is 12.4. The molecule has 1 aromatic rings. The third-order valence-electron chi connectivity index (χ3n) is 4.26. The molecule has 21 heavy (non-hydrogen) atoms. The number of rotatable bonds is 2. The second kappa shape index (κ2) is 6.58. The van der Waals surface area contributed by atoms with E-state index in [0.29, 0.717) is 26.2 Å². The highest BCUT2D eigenvalue weighted by Gasteiger charge is 2.29. The highest BCUT2D eigenvalue weighted by Crippen LogP contribution is 2.14. The Kier molecular flexibility index (Phi) is 4.55. The van der Waals surface area contributed by atoms with Crippen LogP contribution in [0.2, 0.25) is 0 Å². The predicted octanol–water partition coefficient (Wildman–Crippen LogP) is 1.17. The van der Waals surface area contributed by atoms with E-state index in [1.807, 2.05) is 26.6 Å². The van der Waals surface area contributed by atoms with Crippen molar-refractivity contribution in [2.24, 2.45) is 0 Å². The van der Waals surface area contributed by atoms with E-state index < -0.39 is 0 Å². The third-order valence-corrected chi connectivity index (χ3v) is 4.94. The molecule has 0 unspecified atom stereocenters. The summed E-state index contributed by atoms with van der Waals surface area (Å²) in [6.45, 7) is 3.49. The highest BCUT2D eigenvalue weighted by atomic mass is 32.1. The first-order valence-electron chi connectivity index (χ1n) is 7.59. The molecule has 1 atom stereocenters. The normalized spacial score (nSPS) is 23.1. The van der Waals surface area contributed by atoms with Gasteiger partial charge in [0.15, 0.2) is 0 Å². The van der Waals surface area contributed by atoms with Gasteiger partial charge in [0.2, 0.25) is 5.91 Å². The Morgan fingerprint density at radius 3 is 2.52 bits per heavy atom. The third kappa shape index (κ3) is 3.27. The van der Waals surface area contributed by atoms with Gasteiger partial charge in [-0.3, -0.25) is 9.59 Å². The Balaban J connectivity index is 1.52. The number of piperazine rings is 1. The van der Waals surface area contributed by atoms with Crippen LogP contribution in [0.4, 0.5) is 0 Å². The molecule has 0 aromatic carbocycles. The van der Waals surface area contributed by atoms with Gasteiger partial charge in [0.1, 0.15) is 0 Å². The molecule has 3 rings (SSSR count). The summed E-state index contributed by atoms with van der Waals surface area (Å²) in [7, 11) is 0. The molecule has 2 aliphatic rings. The molecule has 2 saturated heterocycles. The van der Waals surface area contributed by atoms with Crippen molar-refractivity contribution in [3.05, 3.63) is 22.4 Å². The van der Waals surface area contributed by atoms with Crippen LogP contribution < -0.4 is 5.32 Å². The quantitative estimate of drug-likeness (QED) is 0.892. The summed E-state index contributed by atoms with van der Waals surface area (Å²) >= 11 is 1.54. The Bertz CT molecular complexity index is 489. The minimum Gasteiger partial charge on any atom is -0.338 e. The zero-order valence-corrected chi connectivity index (χ0v) is 12.9. The fourth-order valence-electron chi connectivity index (χ4n) is 2.98. The second-order valence-corrected chi connectivity index (χ2v) is 6.41. The molecule has 1 aromatic heterocycles. The van der Waals surface area contributed by atoms with Gasteiger partial charge in [0.25, 0.3) is 5.91 Å². The molecule has 5 nitrogen and oxygen atoms in total. The van der Waals surface area contributed by atoms with Crippen molar-refractivity contribution in [3.63, 3.8) is 0 Å². The monoisotopic (exact) mass is 307 g/mol. The van der Waals surface area contributed by atoms with Gasteiger partial charge in [0, 0.05) is 31.6 Å². The van der Waals surface area contributed by atoms with E-state index in [1.165, 1.54) is 11.3 Å². The average Bonchev–Trinajstić information content (AvgIpc) is 3.09. The number of nitrogens with zero attached hydrogens (tertiary/aromatic N) is 2. The molecule has 0 saturated carbocycles. The Labute approximate surface area is 128 Å². The molecule has 0 aliphatic carbocycles. The molecule has 2 fully saturated rings. The van der Waals surface area contributed by atoms with E-state index in [0.717, 1.165) is 31.4 Å². The highest BCUT2D eigenvalue weighted by molar-refractivity contribution is 7.08. The number of hydrogen-bond acceptors (Lipinski definition) is 4. The van der Waals surface area contributed by atoms with Crippen molar-refractivity contribution in [1.82, 2.24) is 15.1 Å². The predicted molar refractivity (Wildman–Crippen MR) is 82.4 cm³/mol. The van der Waals surface area contributed by atoms with E-state index in [2.05, 4.69) is 5.32 Å². The molecule has 114 valence electrons. The fraction of sp³-hybridized carbons (Fsp3) is 0.600. The largest absolute Gasteiger partial charge is 0.338 e. The number of carbonyl (C=O) groups excluding carboxylic acids is 2. The standard InChI is InChI=1S/C15H21N3O2S/c19-14(12-4-10-21-11-12)17-6-8-18(9-7-17)15(20)13-3-1-2-5-16-13/h4,10-11,13,16H,1-3,5-9H2/t13-/m1/s1. The molecular formula is C15H21N3O2S. The van der Waals surface area contributed by atoms with E-state index in [1.54, 1.807) is 0 Å². The van der Waals surface area contributed by atoms with E-state index in [9.17, 15) is 9.59 Å². The van der Waals surface area contributed by atoms with Gasteiger partial charge >= 0.3 is 0 Å². The molecule has 1 N–H and O–H groups in total. The van der Waals surface area contributed by atoms with Crippen LogP contribution in [0.5, 0.6) is 0 Å². The van der Waals surface area contributed by atoms with E-state index in [-0.39, 0.29) is 17.9 Å². The zero-order valence-electron chi connectivity index (χ0n) is 12.1. The van der Waals surface area contributed by atoms with Gasteiger partial charge in [-0.25, -0.2) is 0 Å². The SMILES string of the molecule is O=C(c1ccsc1)N1CCN(C(=O)[C@H]2CCCCN2)CC1. The smallest absolute Gasteiger partial charge is 0.254 e. The van der Waals surface area contributed by atoms with Crippen LogP contribution in [0, 0.1) is 0 Å². The van der Waals surface area contributed by atoms with Crippen LogP contribution in [0.15, 0.2) is 16.8 Å². The molecule has 0 spiro atoms. The first-order chi connectivity index (χ1) is 10.3. The Hall–Kier alpha value is -1.40. The Morgan fingerprint density at radius 2 is 1.90 bits per heavy atom. The number of piperidine rings is 1. The maximum absolute atomic E-state index is 12.4. The lowest BCUT2D eigenvalue weighted by Gasteiger charge is -2.37. The van der Waals surface area contributed by atoms with E-state index in [4.69, 9.17) is 0 Å². The van der Waals surface area contributed by atoms with Crippen molar-refractivity contribution in [1.29, 1.82) is 0 Å². The van der Waals surface area contributed by atoms with Gasteiger partial charge in [-0.05, 0) is 30.8 Å². The molecule has 3 heterocycles. The fourth-order valence-corrected chi connectivity index (χ4v) is 3.61. The second-order valence-electron chi connectivity index (χ2n) is 5.63. The van der Waals surface area contributed by atoms with Crippen LogP contribution in [-0.4, -0.2) is 60.4 Å². The van der Waals surface area contributed by atoms with Crippen LogP contribution in [0.25, 0.3) is 0 Å². The van der Waals surface area contributed by atoms with Crippen molar-refractivity contribution < 1.29 is 9.59 Å². The first kappa shape index (κ1) is 14.5. The molecule has 2 amide bonds. The molecule has 0 radical (unpaired) electrons. The number of thiophene rings is 1. The minimum absolute atomic E-state index is 0.0159. The Morgan fingerprint density at radius 1 is 1.14 bits per heavy atom. The van der Waals surface area contributed by atoms with Gasteiger partial charge in [-0.15, -0.1) is 0 Å². The summed E-state index contributed by atoms with van der Waals surface area (Å²) in [4.78, 5) is 28.4. The average molecular weight is 307 g/mol. The van der Waals surface area contributed by atoms with E-state index >= 15 is 0 Å². The lowest BCUT2D eigenvalue weighted by molar-refractivity contribution is -0.135. The summed E-state index contributed by atoms with van der Waals surface area (Å²) in [5, 5.41) is 7.10. The summed E-state index contributed by atoms with van der Waals surface area (Å²) in [5.74, 6) is 0.288. The zero-order chi connectivity index (χ0) is 14.7. The topological polar surface area (TPSA) is 52.7 Å². The summed E-state index contributed by atoms with van der Waals surface area (Å²) in [5.41, 5.74) is 0.758. The molecule has 2 aliphatic heterocycles. The first-order valence-corrected chi connectivity index (χ1v) is 8.53. The van der Waals surface area contributed by atoms with Crippen molar-refractivity contribution in [2.75, 3.05) is 32.7 Å². The van der Waals surface area contributed by atoms with Gasteiger partial charge in [-0.1, -0.05) is 6.42 Å². The van der Waals surface area contributed by atoms with Gasteiger partial charge < -0.3 is 15.1 Å². The minimum atomic E-state index is -0.0159. The molecule has 0 bridgehead atoms. The molecular weight excluding hydrogens is 286 g/mol. The number of hydrogen-bond donors (Lipinski definition) is 1. The van der Waals surface area contributed by atoms with Crippen LogP contribution in [-0.2, 0) is 4.79 Å². The van der Waals surface area contributed by atoms with Crippen LogP contribution in [0.1, 0.15) is 29.6 Å². The maximum Gasteiger partial charge on any atom is 0.254 e. The summed E-state index contributed by atoms with van der Waals surface area (Å²) in [6.07, 6.45) is 3.22. The number of nitrogens with one attached hydrogen (secondary N) is 1. The van der Waals surface area contributed by atoms with Crippen LogP contribution in [0.3, 0.4) is 0 Å². The van der Waals surface area contributed by atoms with Crippen molar-refractivity contribution in [3.8, 4) is 0 Å². The number of carbonyl (C=O) groups is 2. The summed E-state index contributed by atoms with van der Waals surface area (Å²) < 4.78 is 0. The lowest BCUT2D eigenvalue weighted by atomic mass is 10.0. The summed E-state index contributed by atoms with van der Waals surface area (Å²) in [6, 6.07) is 1.84. The van der Waals surface area contributed by atoms with Crippen molar-refractivity contribution >= 4 is 23.2 Å². The van der Waals surface area contributed by atoms with Gasteiger partial charge in [0.05, 0.1) is 11.6 Å². The lowest BCUT2D eigenvalue weighted by Crippen LogP contribution is -2.55. The van der Waals surface area contributed by atoms with Gasteiger partial charge in [-0.2, -0.15) is 11.3 Å². The molecule has 6 heteroatoms. The van der Waals surface area contributed by atoms with Crippen molar-refractivity contribution in [2.45, 2.75) is 25.3 Å².